The second-order valence-electron chi connectivity index (χ2n) is 4.81. The first-order valence-electron chi connectivity index (χ1n) is 7.09. The predicted molar refractivity (Wildman–Crippen MR) is 99.4 cm³/mol. The Labute approximate surface area is 142 Å². The molecule has 0 radical (unpaired) electrons. The smallest absolute Gasteiger partial charge is 0.0604 e. The summed E-state index contributed by atoms with van der Waals surface area (Å²) in [6, 6.07) is 17.0. The molecule has 0 saturated carbocycles. The Morgan fingerprint density at radius 2 is 1.00 bits per heavy atom. The van der Waals surface area contributed by atoms with Crippen molar-refractivity contribution in [1.29, 1.82) is 0 Å². The van der Waals surface area contributed by atoms with Crippen molar-refractivity contribution in [2.75, 3.05) is 11.5 Å². The van der Waals surface area contributed by atoms with E-state index in [1.165, 1.54) is 20.9 Å². The predicted octanol–water partition coefficient (Wildman–Crippen LogP) is 5.19. The average Bonchev–Trinajstić information content (AvgIpc) is 2.53. The lowest BCUT2D eigenvalue weighted by molar-refractivity contribution is 1.38. The molecule has 2 heteroatoms. The molecule has 0 heterocycles. The van der Waals surface area contributed by atoms with E-state index < -0.39 is 0 Å². The zero-order valence-corrected chi connectivity index (χ0v) is 14.5. The van der Waals surface area contributed by atoms with Crippen LogP contribution in [-0.2, 0) is 0 Å². The summed E-state index contributed by atoms with van der Waals surface area (Å²) in [6.45, 7) is 4.19. The van der Waals surface area contributed by atoms with Gasteiger partial charge in [0.25, 0.3) is 0 Å². The second kappa shape index (κ2) is 9.31. The molecule has 0 aliphatic heterocycles. The van der Waals surface area contributed by atoms with Crippen LogP contribution in [0.1, 0.15) is 11.1 Å². The number of thioether (sulfide) groups is 2. The van der Waals surface area contributed by atoms with Crippen LogP contribution in [0.25, 0.3) is 0 Å². The molecule has 110 valence electrons. The lowest BCUT2D eigenvalue weighted by Gasteiger charge is -1.97. The first-order chi connectivity index (χ1) is 10.7. The number of benzene rings is 2. The number of rotatable bonds is 4. The van der Waals surface area contributed by atoms with Gasteiger partial charge >= 0.3 is 0 Å². The zero-order valence-electron chi connectivity index (χ0n) is 12.8. The molecule has 0 saturated heterocycles. The molecule has 22 heavy (non-hydrogen) atoms. The van der Waals surface area contributed by atoms with Gasteiger partial charge < -0.3 is 0 Å². The third-order valence-corrected chi connectivity index (χ3v) is 4.69. The maximum absolute atomic E-state index is 3.08. The first-order valence-corrected chi connectivity index (χ1v) is 9.06. The van der Waals surface area contributed by atoms with Crippen molar-refractivity contribution in [2.24, 2.45) is 0 Å². The molecule has 0 fully saturated rings. The monoisotopic (exact) mass is 322 g/mol. The second-order valence-corrected chi connectivity index (χ2v) is 6.90. The van der Waals surface area contributed by atoms with Crippen LogP contribution in [0, 0.1) is 37.5 Å². The van der Waals surface area contributed by atoms with Gasteiger partial charge in [-0.2, -0.15) is 0 Å². The minimum Gasteiger partial charge on any atom is -0.113 e. The van der Waals surface area contributed by atoms with Crippen LogP contribution in [0.4, 0.5) is 0 Å². The standard InChI is InChI=1S/C20H18S2/c1-17-7-11-19(12-8-17)21-15-5-3-4-6-16-22-20-13-9-18(2)10-14-20/h7-14H,15-16H2,1-2H3. The van der Waals surface area contributed by atoms with E-state index in [9.17, 15) is 0 Å². The van der Waals surface area contributed by atoms with E-state index in [0.29, 0.717) is 0 Å². The summed E-state index contributed by atoms with van der Waals surface area (Å²) in [6.07, 6.45) is 0. The van der Waals surface area contributed by atoms with Crippen molar-refractivity contribution >= 4 is 23.5 Å². The molecular formula is C20H18S2. The van der Waals surface area contributed by atoms with Gasteiger partial charge in [-0.25, -0.2) is 0 Å². The molecule has 0 amide bonds. The van der Waals surface area contributed by atoms with Gasteiger partial charge in [0.15, 0.2) is 0 Å². The van der Waals surface area contributed by atoms with Crippen LogP contribution in [0.5, 0.6) is 0 Å². The van der Waals surface area contributed by atoms with Gasteiger partial charge in [-0.1, -0.05) is 47.2 Å². The van der Waals surface area contributed by atoms with Gasteiger partial charge in [-0.15, -0.1) is 23.5 Å². The van der Waals surface area contributed by atoms with E-state index in [2.05, 4.69) is 86.1 Å². The van der Waals surface area contributed by atoms with Gasteiger partial charge in [0, 0.05) is 9.79 Å². The highest BCUT2D eigenvalue weighted by atomic mass is 32.2. The minimum absolute atomic E-state index is 0.781. The van der Waals surface area contributed by atoms with Crippen LogP contribution in [0.2, 0.25) is 0 Å². The van der Waals surface area contributed by atoms with Crippen LogP contribution in [-0.4, -0.2) is 11.5 Å². The summed E-state index contributed by atoms with van der Waals surface area (Å²) in [5.74, 6) is 13.6. The highest BCUT2D eigenvalue weighted by Crippen LogP contribution is 2.18. The van der Waals surface area contributed by atoms with Crippen molar-refractivity contribution in [1.82, 2.24) is 0 Å². The average molecular weight is 322 g/mol. The van der Waals surface area contributed by atoms with Gasteiger partial charge in [0.2, 0.25) is 0 Å². The molecule has 0 aliphatic carbocycles. The van der Waals surface area contributed by atoms with E-state index >= 15 is 0 Å². The summed E-state index contributed by atoms with van der Waals surface area (Å²) in [5.41, 5.74) is 2.57. The third-order valence-electron chi connectivity index (χ3n) is 2.90. The van der Waals surface area contributed by atoms with Gasteiger partial charge in [0.1, 0.15) is 0 Å². The van der Waals surface area contributed by atoms with Crippen molar-refractivity contribution in [3.05, 3.63) is 59.7 Å². The van der Waals surface area contributed by atoms with E-state index in [4.69, 9.17) is 0 Å². The van der Waals surface area contributed by atoms with E-state index in [1.54, 1.807) is 23.5 Å². The number of hydrogen-bond acceptors (Lipinski definition) is 2. The topological polar surface area (TPSA) is 0 Å². The van der Waals surface area contributed by atoms with Crippen LogP contribution >= 0.6 is 23.5 Å². The Morgan fingerprint density at radius 1 is 0.636 bits per heavy atom. The fraction of sp³-hybridized carbons (Fsp3) is 0.200. The van der Waals surface area contributed by atoms with Crippen molar-refractivity contribution < 1.29 is 0 Å². The fourth-order valence-electron chi connectivity index (χ4n) is 1.67. The highest BCUT2D eigenvalue weighted by molar-refractivity contribution is 7.99. The molecule has 0 unspecified atom stereocenters. The molecule has 2 aromatic carbocycles. The molecule has 0 spiro atoms. The normalized spacial score (nSPS) is 9.36. The number of hydrogen-bond donors (Lipinski definition) is 0. The third kappa shape index (κ3) is 6.35. The fourth-order valence-corrected chi connectivity index (χ4v) is 2.95. The molecule has 0 aliphatic rings. The molecule has 2 aromatic rings. The molecule has 0 N–H and O–H groups in total. The van der Waals surface area contributed by atoms with Crippen LogP contribution < -0.4 is 0 Å². The molecule has 2 rings (SSSR count). The molecule has 0 aromatic heterocycles. The lowest BCUT2D eigenvalue weighted by Crippen LogP contribution is -1.76. The SMILES string of the molecule is Cc1ccc(SCC#CC#CCSc2ccc(C)cc2)cc1. The first kappa shape index (κ1) is 16.6. The largest absolute Gasteiger partial charge is 0.113 e. The Balaban J connectivity index is 1.68. The van der Waals surface area contributed by atoms with Crippen LogP contribution in [0.3, 0.4) is 0 Å². The van der Waals surface area contributed by atoms with Crippen molar-refractivity contribution in [3.63, 3.8) is 0 Å². The summed E-state index contributed by atoms with van der Waals surface area (Å²) in [7, 11) is 0. The summed E-state index contributed by atoms with van der Waals surface area (Å²) in [4.78, 5) is 2.51. The quantitative estimate of drug-likeness (QED) is 0.561. The van der Waals surface area contributed by atoms with Crippen molar-refractivity contribution in [2.45, 2.75) is 23.6 Å². The summed E-state index contributed by atoms with van der Waals surface area (Å²) in [5, 5.41) is 0. The summed E-state index contributed by atoms with van der Waals surface area (Å²) >= 11 is 3.49. The molecule has 0 nitrogen and oxygen atoms in total. The van der Waals surface area contributed by atoms with Crippen molar-refractivity contribution in [3.8, 4) is 23.7 Å². The van der Waals surface area contributed by atoms with Gasteiger partial charge in [-0.05, 0) is 50.0 Å². The lowest BCUT2D eigenvalue weighted by atomic mass is 10.2. The maximum atomic E-state index is 3.08. The highest BCUT2D eigenvalue weighted by Gasteiger charge is 1.91. The minimum atomic E-state index is 0.781. The number of aryl methyl sites for hydroxylation is 2. The van der Waals surface area contributed by atoms with Gasteiger partial charge in [-0.3, -0.25) is 0 Å². The van der Waals surface area contributed by atoms with E-state index in [1.807, 2.05) is 0 Å². The molecule has 0 atom stereocenters. The Kier molecular flexibility index (Phi) is 7.04. The zero-order chi connectivity index (χ0) is 15.6. The Bertz CT molecular complexity index is 639. The molecular weight excluding hydrogens is 304 g/mol. The summed E-state index contributed by atoms with van der Waals surface area (Å²) < 4.78 is 0. The Morgan fingerprint density at radius 3 is 1.36 bits per heavy atom. The van der Waals surface area contributed by atoms with E-state index in [0.717, 1.165) is 11.5 Å². The van der Waals surface area contributed by atoms with E-state index in [-0.39, 0.29) is 0 Å². The molecule has 0 bridgehead atoms. The Hall–Kier alpha value is -1.74. The van der Waals surface area contributed by atoms with Crippen LogP contribution in [0.15, 0.2) is 58.3 Å². The van der Waals surface area contributed by atoms with Gasteiger partial charge in [0.05, 0.1) is 11.5 Å². The maximum Gasteiger partial charge on any atom is 0.0604 e.